The maximum atomic E-state index is 5.47. The summed E-state index contributed by atoms with van der Waals surface area (Å²) >= 11 is 0. The van der Waals surface area contributed by atoms with Crippen molar-refractivity contribution in [1.29, 1.82) is 0 Å². The molecule has 4 heteroatoms. The average molecular weight is 203 g/mol. The Labute approximate surface area is 85.9 Å². The van der Waals surface area contributed by atoms with Gasteiger partial charge in [-0.15, -0.1) is 0 Å². The lowest BCUT2D eigenvalue weighted by Crippen LogP contribution is -2.27. The van der Waals surface area contributed by atoms with Crippen molar-refractivity contribution in [2.45, 2.75) is 18.9 Å². The van der Waals surface area contributed by atoms with Crippen molar-refractivity contribution in [3.8, 4) is 0 Å². The minimum absolute atomic E-state index is 0.564. The van der Waals surface area contributed by atoms with Crippen molar-refractivity contribution in [2.75, 3.05) is 46.7 Å². The molecule has 0 aromatic rings. The quantitative estimate of drug-likeness (QED) is 0.580. The van der Waals surface area contributed by atoms with Gasteiger partial charge in [0.1, 0.15) is 0 Å². The van der Waals surface area contributed by atoms with Gasteiger partial charge in [-0.05, 0) is 19.4 Å². The molecule has 1 heterocycles. The Morgan fingerprint density at radius 3 is 2.64 bits per heavy atom. The van der Waals surface area contributed by atoms with Crippen molar-refractivity contribution in [3.63, 3.8) is 0 Å². The van der Waals surface area contributed by atoms with Gasteiger partial charge >= 0.3 is 0 Å². The van der Waals surface area contributed by atoms with Crippen molar-refractivity contribution in [1.82, 2.24) is 5.32 Å². The Balaban J connectivity index is 1.75. The van der Waals surface area contributed by atoms with Gasteiger partial charge in [0.25, 0.3) is 0 Å². The van der Waals surface area contributed by atoms with Gasteiger partial charge in [0.2, 0.25) is 0 Å². The fraction of sp³-hybridized carbons (Fsp3) is 1.00. The lowest BCUT2D eigenvalue weighted by molar-refractivity contribution is 0.0206. The summed E-state index contributed by atoms with van der Waals surface area (Å²) in [5.74, 6) is 0. The molecule has 0 bridgehead atoms. The Bertz CT molecular complexity index is 127. The van der Waals surface area contributed by atoms with Crippen LogP contribution in [0.1, 0.15) is 12.8 Å². The van der Waals surface area contributed by atoms with Crippen molar-refractivity contribution >= 4 is 0 Å². The molecule has 1 rings (SSSR count). The van der Waals surface area contributed by atoms with Gasteiger partial charge < -0.3 is 19.5 Å². The molecule has 0 radical (unpaired) electrons. The summed E-state index contributed by atoms with van der Waals surface area (Å²) in [6.45, 7) is 4.61. The van der Waals surface area contributed by atoms with Crippen LogP contribution in [0.2, 0.25) is 0 Å². The zero-order valence-corrected chi connectivity index (χ0v) is 8.96. The summed E-state index contributed by atoms with van der Waals surface area (Å²) in [7, 11) is 1.67. The molecule has 0 aromatic heterocycles. The summed E-state index contributed by atoms with van der Waals surface area (Å²) < 4.78 is 15.6. The highest BCUT2D eigenvalue weighted by Crippen LogP contribution is 2.04. The maximum absolute atomic E-state index is 5.47. The van der Waals surface area contributed by atoms with E-state index in [9.17, 15) is 0 Å². The van der Waals surface area contributed by atoms with E-state index in [0.29, 0.717) is 32.5 Å². The Hall–Kier alpha value is -0.160. The second-order valence-corrected chi connectivity index (χ2v) is 3.47. The lowest BCUT2D eigenvalue weighted by Gasteiger charge is -2.10. The molecule has 0 aliphatic carbocycles. The molecule has 1 fully saturated rings. The predicted octanol–water partition coefficient (Wildman–Crippen LogP) is 0.418. The van der Waals surface area contributed by atoms with Gasteiger partial charge in [-0.2, -0.15) is 0 Å². The minimum atomic E-state index is 0.564. The third kappa shape index (κ3) is 5.54. The van der Waals surface area contributed by atoms with Crippen LogP contribution in [0.15, 0.2) is 0 Å². The van der Waals surface area contributed by atoms with Crippen LogP contribution < -0.4 is 5.32 Å². The second-order valence-electron chi connectivity index (χ2n) is 3.47. The van der Waals surface area contributed by atoms with Crippen LogP contribution in [0.25, 0.3) is 0 Å². The number of hydrogen-bond donors (Lipinski definition) is 1. The highest BCUT2D eigenvalue weighted by Gasteiger charge is 2.13. The molecule has 0 unspecified atom stereocenters. The van der Waals surface area contributed by atoms with E-state index >= 15 is 0 Å². The van der Waals surface area contributed by atoms with Gasteiger partial charge in [-0.3, -0.25) is 0 Å². The number of ether oxygens (including phenoxy) is 3. The van der Waals surface area contributed by atoms with Crippen molar-refractivity contribution < 1.29 is 14.2 Å². The molecule has 14 heavy (non-hydrogen) atoms. The molecule has 0 amide bonds. The topological polar surface area (TPSA) is 39.7 Å². The highest BCUT2D eigenvalue weighted by molar-refractivity contribution is 4.73. The van der Waals surface area contributed by atoms with Gasteiger partial charge in [-0.25, -0.2) is 0 Å². The molecule has 1 N–H and O–H groups in total. The molecule has 1 saturated heterocycles. The minimum Gasteiger partial charge on any atom is -0.382 e. The first-order valence-corrected chi connectivity index (χ1v) is 5.31. The van der Waals surface area contributed by atoms with Crippen LogP contribution >= 0.6 is 0 Å². The zero-order valence-electron chi connectivity index (χ0n) is 8.96. The first-order valence-electron chi connectivity index (χ1n) is 5.31. The van der Waals surface area contributed by atoms with Crippen molar-refractivity contribution in [2.24, 2.45) is 0 Å². The first-order chi connectivity index (χ1) is 6.93. The van der Waals surface area contributed by atoms with E-state index in [0.717, 1.165) is 13.2 Å². The third-order valence-corrected chi connectivity index (χ3v) is 2.29. The molecule has 4 nitrogen and oxygen atoms in total. The van der Waals surface area contributed by atoms with E-state index < -0.39 is 0 Å². The first kappa shape index (κ1) is 11.9. The summed E-state index contributed by atoms with van der Waals surface area (Å²) in [6.07, 6.45) is 2.52. The lowest BCUT2D eigenvalue weighted by atomic mass is 10.2. The number of methoxy groups -OCH3 is 1. The number of hydrogen-bond acceptors (Lipinski definition) is 4. The standard InChI is InChI=1S/C10H21NO3/c1-12-5-6-13-7-8-14-9-10-3-2-4-11-10/h10-11H,2-9H2,1H3/t10-/m1/s1. The van der Waals surface area contributed by atoms with Gasteiger partial charge in [0, 0.05) is 13.2 Å². The summed E-state index contributed by atoms with van der Waals surface area (Å²) in [6, 6.07) is 0.564. The van der Waals surface area contributed by atoms with E-state index in [2.05, 4.69) is 5.32 Å². The molecule has 1 aliphatic heterocycles. The predicted molar refractivity (Wildman–Crippen MR) is 54.5 cm³/mol. The molecule has 0 saturated carbocycles. The van der Waals surface area contributed by atoms with E-state index in [-0.39, 0.29) is 0 Å². The Morgan fingerprint density at radius 1 is 1.14 bits per heavy atom. The second kappa shape index (κ2) is 8.17. The van der Waals surface area contributed by atoms with Gasteiger partial charge in [0.05, 0.1) is 33.0 Å². The van der Waals surface area contributed by atoms with Gasteiger partial charge in [-0.1, -0.05) is 0 Å². The van der Waals surface area contributed by atoms with Crippen LogP contribution in [-0.2, 0) is 14.2 Å². The van der Waals surface area contributed by atoms with Crippen LogP contribution in [-0.4, -0.2) is 52.7 Å². The van der Waals surface area contributed by atoms with Gasteiger partial charge in [0.15, 0.2) is 0 Å². The summed E-state index contributed by atoms with van der Waals surface area (Å²) in [5, 5.41) is 3.38. The molecule has 0 aromatic carbocycles. The molecule has 0 spiro atoms. The summed E-state index contributed by atoms with van der Waals surface area (Å²) in [5.41, 5.74) is 0. The number of rotatable bonds is 8. The fourth-order valence-electron chi connectivity index (χ4n) is 1.49. The smallest absolute Gasteiger partial charge is 0.0701 e. The van der Waals surface area contributed by atoms with E-state index in [4.69, 9.17) is 14.2 Å². The van der Waals surface area contributed by atoms with E-state index in [1.54, 1.807) is 7.11 Å². The SMILES string of the molecule is COCCOCCOC[C@H]1CCCN1. The Morgan fingerprint density at radius 2 is 1.93 bits per heavy atom. The number of nitrogens with one attached hydrogen (secondary N) is 1. The van der Waals surface area contributed by atoms with Crippen LogP contribution in [0, 0.1) is 0 Å². The van der Waals surface area contributed by atoms with E-state index in [1.807, 2.05) is 0 Å². The third-order valence-electron chi connectivity index (χ3n) is 2.29. The normalized spacial score (nSPS) is 21.6. The fourth-order valence-corrected chi connectivity index (χ4v) is 1.49. The molecule has 84 valence electrons. The molecule has 1 aliphatic rings. The van der Waals surface area contributed by atoms with Crippen LogP contribution in [0.5, 0.6) is 0 Å². The van der Waals surface area contributed by atoms with E-state index in [1.165, 1.54) is 12.8 Å². The highest BCUT2D eigenvalue weighted by atomic mass is 16.5. The monoisotopic (exact) mass is 203 g/mol. The zero-order chi connectivity index (χ0) is 10.1. The molecular weight excluding hydrogens is 182 g/mol. The maximum Gasteiger partial charge on any atom is 0.0701 e. The van der Waals surface area contributed by atoms with Crippen molar-refractivity contribution in [3.05, 3.63) is 0 Å². The average Bonchev–Trinajstić information content (AvgIpc) is 2.69. The molecule has 1 atom stereocenters. The van der Waals surface area contributed by atoms with Crippen LogP contribution in [0.4, 0.5) is 0 Å². The molecular formula is C10H21NO3. The Kier molecular flexibility index (Phi) is 6.95. The largest absolute Gasteiger partial charge is 0.382 e. The van der Waals surface area contributed by atoms with Crippen LogP contribution in [0.3, 0.4) is 0 Å². The summed E-state index contributed by atoms with van der Waals surface area (Å²) in [4.78, 5) is 0.